The molecule has 0 aliphatic carbocycles. The first kappa shape index (κ1) is 17.9. The number of rotatable bonds is 6. The summed E-state index contributed by atoms with van der Waals surface area (Å²) in [5.74, 6) is 0.895. The molecular weight excluding hydrogens is 400 g/mol. The Morgan fingerprint density at radius 2 is 2.08 bits per heavy atom. The van der Waals surface area contributed by atoms with Crippen molar-refractivity contribution in [2.45, 2.75) is 26.3 Å². The number of carbonyl (C=O) groups excluding carboxylic acids is 1. The number of ether oxygens (including phenoxy) is 1. The van der Waals surface area contributed by atoms with Crippen LogP contribution >= 0.6 is 27.3 Å². The lowest BCUT2D eigenvalue weighted by Gasteiger charge is -2.10. The molecule has 3 rings (SSSR count). The van der Waals surface area contributed by atoms with Crippen LogP contribution in [0.4, 0.5) is 0 Å². The van der Waals surface area contributed by atoms with Crippen molar-refractivity contribution in [2.75, 3.05) is 6.61 Å². The van der Waals surface area contributed by atoms with Crippen LogP contribution in [0.15, 0.2) is 46.3 Å². The van der Waals surface area contributed by atoms with Crippen LogP contribution in [0.25, 0.3) is 10.8 Å². The first-order chi connectivity index (χ1) is 12.0. The van der Waals surface area contributed by atoms with Gasteiger partial charge in [0.2, 0.25) is 0 Å². The SMILES string of the molecule is CC(C)c1nc(CNC(=O)COc2ccc3ccccc3c2Br)cs1. The molecule has 0 unspecified atom stereocenters. The van der Waals surface area contributed by atoms with E-state index in [1.807, 2.05) is 41.8 Å². The third kappa shape index (κ3) is 4.38. The third-order valence-electron chi connectivity index (χ3n) is 3.72. The van der Waals surface area contributed by atoms with E-state index in [1.54, 1.807) is 11.3 Å². The summed E-state index contributed by atoms with van der Waals surface area (Å²) in [7, 11) is 0. The van der Waals surface area contributed by atoms with Gasteiger partial charge in [0.1, 0.15) is 5.75 Å². The maximum absolute atomic E-state index is 12.0. The number of aromatic nitrogens is 1. The maximum Gasteiger partial charge on any atom is 0.258 e. The average Bonchev–Trinajstić information content (AvgIpc) is 3.09. The van der Waals surface area contributed by atoms with E-state index in [0.29, 0.717) is 18.2 Å². The highest BCUT2D eigenvalue weighted by Crippen LogP contribution is 2.32. The smallest absolute Gasteiger partial charge is 0.258 e. The van der Waals surface area contributed by atoms with Crippen molar-refractivity contribution in [3.05, 3.63) is 57.0 Å². The van der Waals surface area contributed by atoms with Gasteiger partial charge in [0.15, 0.2) is 6.61 Å². The second kappa shape index (κ2) is 7.97. The van der Waals surface area contributed by atoms with Gasteiger partial charge in [-0.25, -0.2) is 4.98 Å². The molecule has 0 fully saturated rings. The van der Waals surface area contributed by atoms with Gasteiger partial charge in [-0.15, -0.1) is 11.3 Å². The van der Waals surface area contributed by atoms with Crippen LogP contribution in [0.5, 0.6) is 5.75 Å². The Hall–Kier alpha value is -1.92. The first-order valence-corrected chi connectivity index (χ1v) is 9.73. The molecule has 4 nitrogen and oxygen atoms in total. The summed E-state index contributed by atoms with van der Waals surface area (Å²) in [6, 6.07) is 11.9. The van der Waals surface area contributed by atoms with Crippen molar-refractivity contribution in [3.8, 4) is 5.75 Å². The number of hydrogen-bond acceptors (Lipinski definition) is 4. The molecule has 0 aliphatic rings. The lowest BCUT2D eigenvalue weighted by Crippen LogP contribution is -2.28. The Morgan fingerprint density at radius 1 is 1.28 bits per heavy atom. The number of benzene rings is 2. The number of nitrogens with zero attached hydrogens (tertiary/aromatic N) is 1. The van der Waals surface area contributed by atoms with E-state index in [2.05, 4.69) is 40.1 Å². The molecule has 0 atom stereocenters. The van der Waals surface area contributed by atoms with Crippen molar-refractivity contribution < 1.29 is 9.53 Å². The molecule has 3 aromatic rings. The molecule has 130 valence electrons. The fourth-order valence-electron chi connectivity index (χ4n) is 2.38. The zero-order valence-corrected chi connectivity index (χ0v) is 16.5. The van der Waals surface area contributed by atoms with Gasteiger partial charge >= 0.3 is 0 Å². The molecule has 1 heterocycles. The summed E-state index contributed by atoms with van der Waals surface area (Å²) in [5, 5.41) is 8.09. The second-order valence-electron chi connectivity index (χ2n) is 6.00. The predicted octanol–water partition coefficient (Wildman–Crippen LogP) is 4.88. The lowest BCUT2D eigenvalue weighted by atomic mass is 10.1. The predicted molar refractivity (Wildman–Crippen MR) is 105 cm³/mol. The summed E-state index contributed by atoms with van der Waals surface area (Å²) in [4.78, 5) is 16.5. The summed E-state index contributed by atoms with van der Waals surface area (Å²) in [5.41, 5.74) is 0.883. The minimum Gasteiger partial charge on any atom is -0.483 e. The van der Waals surface area contributed by atoms with E-state index >= 15 is 0 Å². The fraction of sp³-hybridized carbons (Fsp3) is 0.263. The molecule has 25 heavy (non-hydrogen) atoms. The number of halogens is 1. The highest BCUT2D eigenvalue weighted by molar-refractivity contribution is 9.10. The standard InChI is InChI=1S/C19H19BrN2O2S/c1-12(2)19-22-14(11-25-19)9-21-17(23)10-24-16-8-7-13-5-3-4-6-15(13)18(16)20/h3-8,11-12H,9-10H2,1-2H3,(H,21,23). The van der Waals surface area contributed by atoms with Crippen molar-refractivity contribution in [3.63, 3.8) is 0 Å². The Bertz CT molecular complexity index is 892. The van der Waals surface area contributed by atoms with Crippen LogP contribution in [-0.2, 0) is 11.3 Å². The van der Waals surface area contributed by atoms with Crippen LogP contribution in [-0.4, -0.2) is 17.5 Å². The Kier molecular flexibility index (Phi) is 5.71. The van der Waals surface area contributed by atoms with E-state index in [-0.39, 0.29) is 12.5 Å². The molecule has 6 heteroatoms. The number of fused-ring (bicyclic) bond motifs is 1. The Labute approximate surface area is 159 Å². The van der Waals surface area contributed by atoms with E-state index < -0.39 is 0 Å². The second-order valence-corrected chi connectivity index (χ2v) is 7.68. The fourth-order valence-corrected chi connectivity index (χ4v) is 3.82. The molecule has 0 saturated heterocycles. The van der Waals surface area contributed by atoms with E-state index in [4.69, 9.17) is 4.74 Å². The Balaban J connectivity index is 1.56. The molecule has 2 aromatic carbocycles. The number of hydrogen-bond donors (Lipinski definition) is 1. The van der Waals surface area contributed by atoms with Crippen LogP contribution in [0.2, 0.25) is 0 Å². The summed E-state index contributed by atoms with van der Waals surface area (Å²) in [6.45, 7) is 4.61. The monoisotopic (exact) mass is 418 g/mol. The van der Waals surface area contributed by atoms with E-state index in [1.165, 1.54) is 0 Å². The Morgan fingerprint density at radius 3 is 2.84 bits per heavy atom. The van der Waals surface area contributed by atoms with Gasteiger partial charge in [-0.05, 0) is 32.8 Å². The molecular formula is C19H19BrN2O2S. The number of amides is 1. The molecule has 1 aromatic heterocycles. The van der Waals surface area contributed by atoms with Crippen molar-refractivity contribution in [1.82, 2.24) is 10.3 Å². The minimum atomic E-state index is -0.167. The number of nitrogens with one attached hydrogen (secondary N) is 1. The van der Waals surface area contributed by atoms with Gasteiger partial charge in [-0.3, -0.25) is 4.79 Å². The normalized spacial score (nSPS) is 11.0. The molecule has 0 aliphatic heterocycles. The largest absolute Gasteiger partial charge is 0.483 e. The maximum atomic E-state index is 12.0. The average molecular weight is 419 g/mol. The lowest BCUT2D eigenvalue weighted by molar-refractivity contribution is -0.123. The zero-order chi connectivity index (χ0) is 17.8. The van der Waals surface area contributed by atoms with Gasteiger partial charge in [0.25, 0.3) is 5.91 Å². The first-order valence-electron chi connectivity index (χ1n) is 8.05. The van der Waals surface area contributed by atoms with E-state index in [9.17, 15) is 4.79 Å². The third-order valence-corrected chi connectivity index (χ3v) is 5.73. The van der Waals surface area contributed by atoms with Gasteiger partial charge in [0, 0.05) is 11.3 Å². The van der Waals surface area contributed by atoms with Gasteiger partial charge < -0.3 is 10.1 Å². The molecule has 1 N–H and O–H groups in total. The van der Waals surface area contributed by atoms with Crippen LogP contribution in [0, 0.1) is 0 Å². The summed E-state index contributed by atoms with van der Waals surface area (Å²) in [6.07, 6.45) is 0. The van der Waals surface area contributed by atoms with Crippen molar-refractivity contribution in [2.24, 2.45) is 0 Å². The molecule has 0 spiro atoms. The minimum absolute atomic E-state index is 0.0296. The molecule has 0 radical (unpaired) electrons. The molecule has 0 saturated carbocycles. The van der Waals surface area contributed by atoms with Crippen molar-refractivity contribution in [1.29, 1.82) is 0 Å². The zero-order valence-electron chi connectivity index (χ0n) is 14.1. The van der Waals surface area contributed by atoms with Crippen LogP contribution in [0.1, 0.15) is 30.5 Å². The van der Waals surface area contributed by atoms with Gasteiger partial charge in [-0.2, -0.15) is 0 Å². The number of carbonyl (C=O) groups is 1. The molecule has 1 amide bonds. The topological polar surface area (TPSA) is 51.2 Å². The number of thiazole rings is 1. The molecule has 0 bridgehead atoms. The van der Waals surface area contributed by atoms with Gasteiger partial charge in [0.05, 0.1) is 21.7 Å². The van der Waals surface area contributed by atoms with Crippen LogP contribution in [0.3, 0.4) is 0 Å². The van der Waals surface area contributed by atoms with Gasteiger partial charge in [-0.1, -0.05) is 44.2 Å². The quantitative estimate of drug-likeness (QED) is 0.620. The van der Waals surface area contributed by atoms with Crippen molar-refractivity contribution >= 4 is 43.9 Å². The summed E-state index contributed by atoms with van der Waals surface area (Å²) >= 11 is 5.18. The highest BCUT2D eigenvalue weighted by Gasteiger charge is 2.10. The van der Waals surface area contributed by atoms with Crippen LogP contribution < -0.4 is 10.1 Å². The summed E-state index contributed by atoms with van der Waals surface area (Å²) < 4.78 is 6.52. The van der Waals surface area contributed by atoms with E-state index in [0.717, 1.165) is 25.9 Å². The highest BCUT2D eigenvalue weighted by atomic mass is 79.9.